The van der Waals surface area contributed by atoms with Gasteiger partial charge in [-0.1, -0.05) is 32.0 Å². The third-order valence-electron chi connectivity index (χ3n) is 4.10. The molecule has 0 spiro atoms. The van der Waals surface area contributed by atoms with Gasteiger partial charge in [0, 0.05) is 31.4 Å². The molecule has 5 heteroatoms. The fraction of sp³-hybridized carbons (Fsp3) is 0.526. The van der Waals surface area contributed by atoms with E-state index in [-0.39, 0.29) is 6.10 Å². The van der Waals surface area contributed by atoms with E-state index in [2.05, 4.69) is 58.7 Å². The lowest BCUT2D eigenvalue weighted by Gasteiger charge is -2.21. The van der Waals surface area contributed by atoms with Gasteiger partial charge < -0.3 is 20.4 Å². The Balaban J connectivity index is 1.79. The minimum atomic E-state index is 0.286. The molecule has 0 radical (unpaired) electrons. The molecule has 2 aromatic rings. The van der Waals surface area contributed by atoms with Crippen molar-refractivity contribution in [1.82, 2.24) is 15.6 Å². The molecule has 0 aliphatic heterocycles. The first kappa shape index (κ1) is 18.3. The number of aliphatic imine (C=N–C) groups is 1. The number of H-pyrrole nitrogens is 1. The average molecular weight is 330 g/mol. The van der Waals surface area contributed by atoms with Crippen LogP contribution in [0.4, 0.5) is 0 Å². The quantitative estimate of drug-likeness (QED) is 0.514. The molecule has 0 aliphatic rings. The number of hydrogen-bond acceptors (Lipinski definition) is 2. The number of para-hydroxylation sites is 1. The van der Waals surface area contributed by atoms with Gasteiger partial charge >= 0.3 is 0 Å². The monoisotopic (exact) mass is 330 g/mol. The first-order valence-electron chi connectivity index (χ1n) is 8.76. The maximum atomic E-state index is 5.78. The van der Waals surface area contributed by atoms with Gasteiger partial charge in [-0.05, 0) is 36.8 Å². The van der Waals surface area contributed by atoms with Crippen molar-refractivity contribution in [3.05, 3.63) is 36.0 Å². The highest BCUT2D eigenvalue weighted by atomic mass is 16.5. The Labute approximate surface area is 144 Å². The summed E-state index contributed by atoms with van der Waals surface area (Å²) in [6, 6.07) is 10.5. The maximum absolute atomic E-state index is 5.78. The number of nitrogens with one attached hydrogen (secondary N) is 3. The number of ether oxygens (including phenoxy) is 1. The summed E-state index contributed by atoms with van der Waals surface area (Å²) < 4.78 is 5.78. The zero-order valence-corrected chi connectivity index (χ0v) is 15.2. The number of nitrogens with zero attached hydrogens (tertiary/aromatic N) is 1. The molecule has 5 nitrogen and oxygen atoms in total. The van der Waals surface area contributed by atoms with Crippen LogP contribution in [0.3, 0.4) is 0 Å². The maximum Gasteiger partial charge on any atom is 0.191 e. The minimum Gasteiger partial charge on any atom is -0.378 e. The van der Waals surface area contributed by atoms with Crippen LogP contribution in [0.15, 0.2) is 35.3 Å². The van der Waals surface area contributed by atoms with Crippen LogP contribution in [-0.4, -0.2) is 37.2 Å². The summed E-state index contributed by atoms with van der Waals surface area (Å²) in [4.78, 5) is 7.70. The fourth-order valence-corrected chi connectivity index (χ4v) is 2.78. The molecule has 1 aromatic carbocycles. The van der Waals surface area contributed by atoms with E-state index in [1.165, 1.54) is 5.39 Å². The lowest BCUT2D eigenvalue weighted by molar-refractivity contribution is 0.0258. The summed E-state index contributed by atoms with van der Waals surface area (Å²) >= 11 is 0. The van der Waals surface area contributed by atoms with Crippen molar-refractivity contribution in [3.8, 4) is 0 Å². The van der Waals surface area contributed by atoms with Crippen LogP contribution in [0.5, 0.6) is 0 Å². The molecule has 3 N–H and O–H groups in total. The van der Waals surface area contributed by atoms with Crippen molar-refractivity contribution in [1.29, 1.82) is 0 Å². The lowest BCUT2D eigenvalue weighted by atomic mass is 10.0. The highest BCUT2D eigenvalue weighted by Crippen LogP contribution is 2.14. The van der Waals surface area contributed by atoms with Crippen LogP contribution < -0.4 is 10.6 Å². The van der Waals surface area contributed by atoms with Gasteiger partial charge in [-0.15, -0.1) is 0 Å². The molecule has 1 unspecified atom stereocenters. The molecule has 0 bridgehead atoms. The molecular formula is C19H30N4O. The second kappa shape index (κ2) is 9.33. The molecule has 1 atom stereocenters. The molecule has 2 rings (SSSR count). The summed E-state index contributed by atoms with van der Waals surface area (Å²) in [6.45, 7) is 8.76. The van der Waals surface area contributed by atoms with Gasteiger partial charge in [0.2, 0.25) is 0 Å². The van der Waals surface area contributed by atoms with Crippen molar-refractivity contribution < 1.29 is 4.74 Å². The van der Waals surface area contributed by atoms with Gasteiger partial charge in [0.15, 0.2) is 5.96 Å². The standard InChI is InChI=1S/C19H30N4O/c1-5-24-18(14(2)3)10-11-21-19(20-4)22-13-16-12-15-8-6-7-9-17(15)23-16/h6-9,12,14,18,23H,5,10-11,13H2,1-4H3,(H2,20,21,22). The van der Waals surface area contributed by atoms with Gasteiger partial charge in [0.1, 0.15) is 0 Å². The smallest absolute Gasteiger partial charge is 0.191 e. The predicted molar refractivity (Wildman–Crippen MR) is 101 cm³/mol. The topological polar surface area (TPSA) is 61.4 Å². The van der Waals surface area contributed by atoms with E-state index in [1.54, 1.807) is 7.05 Å². The third-order valence-corrected chi connectivity index (χ3v) is 4.10. The summed E-state index contributed by atoms with van der Waals surface area (Å²) in [5, 5.41) is 7.94. The number of hydrogen-bond donors (Lipinski definition) is 3. The van der Waals surface area contributed by atoms with Crippen LogP contribution in [-0.2, 0) is 11.3 Å². The fourth-order valence-electron chi connectivity index (χ4n) is 2.78. The molecule has 132 valence electrons. The van der Waals surface area contributed by atoms with Crippen LogP contribution in [0.1, 0.15) is 32.9 Å². The molecular weight excluding hydrogens is 300 g/mol. The van der Waals surface area contributed by atoms with E-state index in [0.29, 0.717) is 12.5 Å². The number of benzene rings is 1. The average Bonchev–Trinajstić information content (AvgIpc) is 2.99. The molecule has 0 saturated carbocycles. The van der Waals surface area contributed by atoms with Gasteiger partial charge in [-0.2, -0.15) is 0 Å². The van der Waals surface area contributed by atoms with Gasteiger partial charge in [-0.25, -0.2) is 0 Å². The Hall–Kier alpha value is -2.01. The number of guanidine groups is 1. The Bertz CT molecular complexity index is 615. The number of fused-ring (bicyclic) bond motifs is 1. The zero-order chi connectivity index (χ0) is 17.4. The molecule has 0 aliphatic carbocycles. The van der Waals surface area contributed by atoms with E-state index in [1.807, 2.05) is 13.0 Å². The first-order valence-corrected chi connectivity index (χ1v) is 8.76. The number of aromatic nitrogens is 1. The number of rotatable bonds is 8. The van der Waals surface area contributed by atoms with E-state index in [0.717, 1.165) is 36.7 Å². The van der Waals surface area contributed by atoms with E-state index in [9.17, 15) is 0 Å². The Morgan fingerprint density at radius 3 is 2.71 bits per heavy atom. The minimum absolute atomic E-state index is 0.286. The Morgan fingerprint density at radius 2 is 2.04 bits per heavy atom. The first-order chi connectivity index (χ1) is 11.6. The molecule has 0 saturated heterocycles. The second-order valence-corrected chi connectivity index (χ2v) is 6.26. The normalized spacial score (nSPS) is 13.5. The summed E-state index contributed by atoms with van der Waals surface area (Å²) in [6.07, 6.45) is 1.26. The molecule has 1 aromatic heterocycles. The third kappa shape index (κ3) is 5.27. The lowest BCUT2D eigenvalue weighted by Crippen LogP contribution is -2.39. The van der Waals surface area contributed by atoms with E-state index < -0.39 is 0 Å². The van der Waals surface area contributed by atoms with E-state index in [4.69, 9.17) is 4.74 Å². The second-order valence-electron chi connectivity index (χ2n) is 6.26. The van der Waals surface area contributed by atoms with Crippen LogP contribution in [0, 0.1) is 5.92 Å². The summed E-state index contributed by atoms with van der Waals surface area (Å²) in [5.74, 6) is 1.33. The van der Waals surface area contributed by atoms with Crippen molar-refractivity contribution in [3.63, 3.8) is 0 Å². The number of aromatic amines is 1. The summed E-state index contributed by atoms with van der Waals surface area (Å²) in [5.41, 5.74) is 2.31. The van der Waals surface area contributed by atoms with Crippen LogP contribution in [0.25, 0.3) is 10.9 Å². The largest absolute Gasteiger partial charge is 0.378 e. The highest BCUT2D eigenvalue weighted by Gasteiger charge is 2.13. The molecule has 0 fully saturated rings. The predicted octanol–water partition coefficient (Wildman–Crippen LogP) is 3.28. The summed E-state index contributed by atoms with van der Waals surface area (Å²) in [7, 11) is 1.79. The highest BCUT2D eigenvalue weighted by molar-refractivity contribution is 5.81. The Morgan fingerprint density at radius 1 is 1.25 bits per heavy atom. The van der Waals surface area contributed by atoms with Crippen molar-refractivity contribution in [2.24, 2.45) is 10.9 Å². The van der Waals surface area contributed by atoms with Crippen LogP contribution in [0.2, 0.25) is 0 Å². The van der Waals surface area contributed by atoms with Gasteiger partial charge in [0.25, 0.3) is 0 Å². The molecule has 1 heterocycles. The molecule has 24 heavy (non-hydrogen) atoms. The zero-order valence-electron chi connectivity index (χ0n) is 15.2. The van der Waals surface area contributed by atoms with E-state index >= 15 is 0 Å². The Kier molecular flexibility index (Phi) is 7.12. The van der Waals surface area contributed by atoms with Crippen LogP contribution >= 0.6 is 0 Å². The molecule has 0 amide bonds. The van der Waals surface area contributed by atoms with Gasteiger partial charge in [0.05, 0.1) is 12.6 Å². The van der Waals surface area contributed by atoms with Crippen molar-refractivity contribution >= 4 is 16.9 Å². The van der Waals surface area contributed by atoms with Crippen molar-refractivity contribution in [2.45, 2.75) is 39.8 Å². The van der Waals surface area contributed by atoms with Crippen molar-refractivity contribution in [2.75, 3.05) is 20.2 Å². The van der Waals surface area contributed by atoms with Gasteiger partial charge in [-0.3, -0.25) is 4.99 Å². The SMILES string of the molecule is CCOC(CCNC(=NC)NCc1cc2ccccc2[nH]1)C(C)C.